The fraction of sp³-hybridized carbons (Fsp3) is 0.500. The third-order valence-electron chi connectivity index (χ3n) is 2.53. The van der Waals surface area contributed by atoms with Crippen LogP contribution in [0.25, 0.3) is 0 Å². The van der Waals surface area contributed by atoms with Gasteiger partial charge in [0.05, 0.1) is 7.11 Å². The Morgan fingerprint density at radius 2 is 1.79 bits per heavy atom. The number of ether oxygens (including phenoxy) is 1. The van der Waals surface area contributed by atoms with Crippen LogP contribution in [0.1, 0.15) is 19.4 Å². The van der Waals surface area contributed by atoms with Gasteiger partial charge in [0.15, 0.2) is 5.96 Å². The van der Waals surface area contributed by atoms with Gasteiger partial charge >= 0.3 is 0 Å². The number of rotatable bonds is 6. The number of aliphatic imine (C=N–C) groups is 1. The van der Waals surface area contributed by atoms with Crippen LogP contribution >= 0.6 is 24.0 Å². The summed E-state index contributed by atoms with van der Waals surface area (Å²) in [5.41, 5.74) is 1.19. The molecule has 0 spiro atoms. The van der Waals surface area contributed by atoms with Crippen LogP contribution in [0.5, 0.6) is 5.75 Å². The molecule has 0 aliphatic heterocycles. The molecule has 0 saturated carbocycles. The number of guanidine groups is 1. The van der Waals surface area contributed by atoms with Crippen LogP contribution in [-0.2, 0) is 6.42 Å². The summed E-state index contributed by atoms with van der Waals surface area (Å²) in [6, 6.07) is 8.06. The second kappa shape index (κ2) is 10.9. The van der Waals surface area contributed by atoms with Crippen molar-refractivity contribution in [2.45, 2.75) is 20.3 Å². The first kappa shape index (κ1) is 18.0. The summed E-state index contributed by atoms with van der Waals surface area (Å²) in [5.74, 6) is 1.80. The molecule has 0 fully saturated rings. The van der Waals surface area contributed by atoms with Gasteiger partial charge < -0.3 is 15.4 Å². The average molecular weight is 377 g/mol. The highest BCUT2D eigenvalue weighted by atomic mass is 127. The van der Waals surface area contributed by atoms with Crippen LogP contribution in [0.4, 0.5) is 0 Å². The minimum atomic E-state index is 0. The van der Waals surface area contributed by atoms with Gasteiger partial charge in [-0.2, -0.15) is 0 Å². The number of hydrogen-bond acceptors (Lipinski definition) is 2. The van der Waals surface area contributed by atoms with Crippen molar-refractivity contribution in [1.82, 2.24) is 10.6 Å². The average Bonchev–Trinajstić information content (AvgIpc) is 2.40. The molecule has 4 nitrogen and oxygen atoms in total. The maximum atomic E-state index is 5.32. The van der Waals surface area contributed by atoms with E-state index in [0.717, 1.165) is 37.8 Å². The first-order valence-corrected chi connectivity index (χ1v) is 6.45. The molecule has 1 aromatic rings. The fourth-order valence-corrected chi connectivity index (χ4v) is 1.71. The quantitative estimate of drug-likeness (QED) is 0.455. The SMILES string of the molecule is CCNC(=NCCc1ccccc1OC)NCC.I. The van der Waals surface area contributed by atoms with Gasteiger partial charge in [0.1, 0.15) is 5.75 Å². The van der Waals surface area contributed by atoms with Gasteiger partial charge in [0.25, 0.3) is 0 Å². The van der Waals surface area contributed by atoms with Crippen molar-refractivity contribution in [3.8, 4) is 5.75 Å². The molecule has 1 rings (SSSR count). The van der Waals surface area contributed by atoms with E-state index < -0.39 is 0 Å². The Labute approximate surface area is 133 Å². The van der Waals surface area contributed by atoms with E-state index >= 15 is 0 Å². The zero-order chi connectivity index (χ0) is 13.2. The number of hydrogen-bond donors (Lipinski definition) is 2. The summed E-state index contributed by atoms with van der Waals surface area (Å²) in [4.78, 5) is 4.51. The second-order valence-corrected chi connectivity index (χ2v) is 3.85. The van der Waals surface area contributed by atoms with Gasteiger partial charge in [0.2, 0.25) is 0 Å². The van der Waals surface area contributed by atoms with Gasteiger partial charge in [-0.15, -0.1) is 24.0 Å². The van der Waals surface area contributed by atoms with Crippen molar-refractivity contribution in [3.63, 3.8) is 0 Å². The smallest absolute Gasteiger partial charge is 0.191 e. The number of methoxy groups -OCH3 is 1. The lowest BCUT2D eigenvalue weighted by Gasteiger charge is -2.10. The number of nitrogens with zero attached hydrogens (tertiary/aromatic N) is 1. The zero-order valence-electron chi connectivity index (χ0n) is 11.9. The van der Waals surface area contributed by atoms with E-state index in [9.17, 15) is 0 Å². The van der Waals surface area contributed by atoms with Gasteiger partial charge in [-0.25, -0.2) is 0 Å². The lowest BCUT2D eigenvalue weighted by molar-refractivity contribution is 0.410. The summed E-state index contributed by atoms with van der Waals surface area (Å²) >= 11 is 0. The van der Waals surface area contributed by atoms with E-state index in [1.165, 1.54) is 5.56 Å². The van der Waals surface area contributed by atoms with Crippen molar-refractivity contribution >= 4 is 29.9 Å². The molecular weight excluding hydrogens is 353 g/mol. The van der Waals surface area contributed by atoms with Crippen LogP contribution in [-0.4, -0.2) is 32.7 Å². The van der Waals surface area contributed by atoms with E-state index in [1.807, 2.05) is 18.2 Å². The standard InChI is InChI=1S/C14H23N3O.HI/c1-4-15-14(16-5-2)17-11-10-12-8-6-7-9-13(12)18-3;/h6-9H,4-5,10-11H2,1-3H3,(H2,15,16,17);1H. The number of halogens is 1. The first-order chi connectivity index (χ1) is 8.81. The Kier molecular flexibility index (Phi) is 10.3. The highest BCUT2D eigenvalue weighted by Crippen LogP contribution is 2.17. The lowest BCUT2D eigenvalue weighted by atomic mass is 10.1. The molecule has 0 atom stereocenters. The predicted octanol–water partition coefficient (Wildman–Crippen LogP) is 2.43. The number of nitrogens with one attached hydrogen (secondary N) is 2. The summed E-state index contributed by atoms with van der Waals surface area (Å²) in [6.45, 7) is 6.62. The third-order valence-corrected chi connectivity index (χ3v) is 2.53. The molecule has 0 unspecified atom stereocenters. The molecule has 0 heterocycles. The van der Waals surface area contributed by atoms with Gasteiger partial charge in [-0.05, 0) is 31.9 Å². The van der Waals surface area contributed by atoms with Crippen LogP contribution in [0.2, 0.25) is 0 Å². The maximum absolute atomic E-state index is 5.32. The Balaban J connectivity index is 0.00000324. The largest absolute Gasteiger partial charge is 0.496 e. The minimum Gasteiger partial charge on any atom is -0.496 e. The van der Waals surface area contributed by atoms with Crippen molar-refractivity contribution in [3.05, 3.63) is 29.8 Å². The topological polar surface area (TPSA) is 45.7 Å². The molecule has 0 aromatic heterocycles. The van der Waals surface area contributed by atoms with Crippen molar-refractivity contribution < 1.29 is 4.74 Å². The molecule has 5 heteroatoms. The van der Waals surface area contributed by atoms with Crippen LogP contribution in [0.3, 0.4) is 0 Å². The molecule has 0 bridgehead atoms. The highest BCUT2D eigenvalue weighted by Gasteiger charge is 2.01. The Morgan fingerprint density at radius 1 is 1.16 bits per heavy atom. The van der Waals surface area contributed by atoms with E-state index in [-0.39, 0.29) is 24.0 Å². The molecule has 0 aliphatic carbocycles. The molecule has 0 radical (unpaired) electrons. The van der Waals surface area contributed by atoms with E-state index in [2.05, 4.69) is 35.5 Å². The van der Waals surface area contributed by atoms with Crippen molar-refractivity contribution in [1.29, 1.82) is 0 Å². The maximum Gasteiger partial charge on any atom is 0.191 e. The third kappa shape index (κ3) is 6.66. The summed E-state index contributed by atoms with van der Waals surface area (Å²) in [5, 5.41) is 6.41. The molecule has 108 valence electrons. The highest BCUT2D eigenvalue weighted by molar-refractivity contribution is 14.0. The summed E-state index contributed by atoms with van der Waals surface area (Å²) in [7, 11) is 1.70. The minimum absolute atomic E-state index is 0. The van der Waals surface area contributed by atoms with Crippen LogP contribution in [0, 0.1) is 0 Å². The van der Waals surface area contributed by atoms with Gasteiger partial charge in [-0.3, -0.25) is 4.99 Å². The lowest BCUT2D eigenvalue weighted by Crippen LogP contribution is -2.37. The zero-order valence-corrected chi connectivity index (χ0v) is 14.2. The molecule has 0 aliphatic rings. The van der Waals surface area contributed by atoms with E-state index in [1.54, 1.807) is 7.11 Å². The Hall–Kier alpha value is -0.980. The molecule has 0 saturated heterocycles. The molecular formula is C14H24IN3O. The fourth-order valence-electron chi connectivity index (χ4n) is 1.71. The van der Waals surface area contributed by atoms with Crippen molar-refractivity contribution in [2.75, 3.05) is 26.7 Å². The normalized spacial score (nSPS) is 9.21. The Morgan fingerprint density at radius 3 is 2.37 bits per heavy atom. The number of para-hydroxylation sites is 1. The van der Waals surface area contributed by atoms with Crippen LogP contribution in [0.15, 0.2) is 29.3 Å². The first-order valence-electron chi connectivity index (χ1n) is 6.45. The van der Waals surface area contributed by atoms with E-state index in [4.69, 9.17) is 4.74 Å². The molecule has 2 N–H and O–H groups in total. The molecule has 19 heavy (non-hydrogen) atoms. The van der Waals surface area contributed by atoms with Crippen LogP contribution < -0.4 is 15.4 Å². The summed E-state index contributed by atoms with van der Waals surface area (Å²) < 4.78 is 5.32. The summed E-state index contributed by atoms with van der Waals surface area (Å²) in [6.07, 6.45) is 0.879. The van der Waals surface area contributed by atoms with Gasteiger partial charge in [0, 0.05) is 19.6 Å². The van der Waals surface area contributed by atoms with Gasteiger partial charge in [-0.1, -0.05) is 18.2 Å². The predicted molar refractivity (Wildman–Crippen MR) is 91.8 cm³/mol. The monoisotopic (exact) mass is 377 g/mol. The molecule has 0 amide bonds. The van der Waals surface area contributed by atoms with Crippen molar-refractivity contribution in [2.24, 2.45) is 4.99 Å². The molecule has 1 aromatic carbocycles. The van der Waals surface area contributed by atoms with E-state index in [0.29, 0.717) is 0 Å². The Bertz CT molecular complexity index is 375. The second-order valence-electron chi connectivity index (χ2n) is 3.85. The number of benzene rings is 1.